The summed E-state index contributed by atoms with van der Waals surface area (Å²) in [6.45, 7) is 3.98. The fourth-order valence-electron chi connectivity index (χ4n) is 3.42. The van der Waals surface area contributed by atoms with E-state index in [1.54, 1.807) is 7.11 Å². The lowest BCUT2D eigenvalue weighted by molar-refractivity contribution is 0.410. The SMILES string of the molecule is COc1ccccc1Cc1nc2sc(C)c(-c3ccc(Cl)c(C)c3)c2c(=O)[nH]1. The number of aromatic nitrogens is 2. The van der Waals surface area contributed by atoms with Crippen LogP contribution in [0.2, 0.25) is 5.02 Å². The lowest BCUT2D eigenvalue weighted by Crippen LogP contribution is -2.12. The summed E-state index contributed by atoms with van der Waals surface area (Å²) in [4.78, 5) is 22.5. The zero-order valence-electron chi connectivity index (χ0n) is 15.8. The molecule has 0 aliphatic carbocycles. The van der Waals surface area contributed by atoms with Gasteiger partial charge in [-0.2, -0.15) is 0 Å². The minimum absolute atomic E-state index is 0.123. The van der Waals surface area contributed by atoms with Crippen molar-refractivity contribution in [2.75, 3.05) is 7.11 Å². The summed E-state index contributed by atoms with van der Waals surface area (Å²) < 4.78 is 5.41. The normalized spacial score (nSPS) is 11.1. The lowest BCUT2D eigenvalue weighted by atomic mass is 10.0. The first-order chi connectivity index (χ1) is 13.5. The molecular weight excluding hydrogens is 392 g/mol. The molecule has 1 N–H and O–H groups in total. The van der Waals surface area contributed by atoms with Crippen molar-refractivity contribution < 1.29 is 4.74 Å². The molecule has 0 aliphatic rings. The summed E-state index contributed by atoms with van der Waals surface area (Å²) in [6.07, 6.45) is 0.502. The summed E-state index contributed by atoms with van der Waals surface area (Å²) in [6, 6.07) is 13.6. The van der Waals surface area contributed by atoms with E-state index >= 15 is 0 Å². The topological polar surface area (TPSA) is 55.0 Å². The van der Waals surface area contributed by atoms with E-state index < -0.39 is 0 Å². The molecule has 0 saturated carbocycles. The van der Waals surface area contributed by atoms with Gasteiger partial charge < -0.3 is 9.72 Å². The monoisotopic (exact) mass is 410 g/mol. The third-order valence-electron chi connectivity index (χ3n) is 4.78. The van der Waals surface area contributed by atoms with Crippen LogP contribution in [0, 0.1) is 13.8 Å². The van der Waals surface area contributed by atoms with Crippen LogP contribution in [0.5, 0.6) is 5.75 Å². The maximum absolute atomic E-state index is 13.0. The molecule has 0 atom stereocenters. The smallest absolute Gasteiger partial charge is 0.260 e. The number of halogens is 1. The highest BCUT2D eigenvalue weighted by molar-refractivity contribution is 7.19. The van der Waals surface area contributed by atoms with E-state index in [1.807, 2.05) is 56.3 Å². The second-order valence-corrected chi connectivity index (χ2v) is 8.29. The lowest BCUT2D eigenvalue weighted by Gasteiger charge is -2.08. The quantitative estimate of drug-likeness (QED) is 0.481. The van der Waals surface area contributed by atoms with Crippen molar-refractivity contribution in [1.29, 1.82) is 0 Å². The second kappa shape index (κ2) is 7.41. The Morgan fingerprint density at radius 2 is 1.96 bits per heavy atom. The predicted molar refractivity (Wildman–Crippen MR) is 116 cm³/mol. The van der Waals surface area contributed by atoms with Crippen molar-refractivity contribution in [2.45, 2.75) is 20.3 Å². The molecule has 0 unspecified atom stereocenters. The molecule has 0 saturated heterocycles. The number of methoxy groups -OCH3 is 1. The molecule has 0 radical (unpaired) electrons. The van der Waals surface area contributed by atoms with Crippen LogP contribution in [-0.2, 0) is 6.42 Å². The summed E-state index contributed by atoms with van der Waals surface area (Å²) in [5.74, 6) is 1.41. The van der Waals surface area contributed by atoms with Crippen LogP contribution < -0.4 is 10.3 Å². The number of para-hydroxylation sites is 1. The Bertz CT molecular complexity index is 1240. The van der Waals surface area contributed by atoms with E-state index in [4.69, 9.17) is 21.3 Å². The van der Waals surface area contributed by atoms with Gasteiger partial charge in [0.05, 0.1) is 12.5 Å². The average molecular weight is 411 g/mol. The van der Waals surface area contributed by atoms with Gasteiger partial charge in [0.2, 0.25) is 0 Å². The molecule has 0 bridgehead atoms. The van der Waals surface area contributed by atoms with Crippen LogP contribution in [0.15, 0.2) is 47.3 Å². The van der Waals surface area contributed by atoms with Gasteiger partial charge in [0.25, 0.3) is 5.56 Å². The Hall–Kier alpha value is -2.63. The van der Waals surface area contributed by atoms with Crippen LogP contribution in [-0.4, -0.2) is 17.1 Å². The molecule has 4 nitrogen and oxygen atoms in total. The van der Waals surface area contributed by atoms with Gasteiger partial charge in [-0.15, -0.1) is 11.3 Å². The molecule has 4 rings (SSSR count). The maximum atomic E-state index is 13.0. The van der Waals surface area contributed by atoms with Crippen molar-refractivity contribution in [1.82, 2.24) is 9.97 Å². The summed E-state index contributed by atoms with van der Waals surface area (Å²) >= 11 is 7.70. The molecule has 0 spiro atoms. The minimum Gasteiger partial charge on any atom is -0.496 e. The van der Waals surface area contributed by atoms with Gasteiger partial charge in [-0.25, -0.2) is 4.98 Å². The van der Waals surface area contributed by atoms with Gasteiger partial charge in [-0.05, 0) is 43.2 Å². The fourth-order valence-corrected chi connectivity index (χ4v) is 4.61. The molecule has 28 heavy (non-hydrogen) atoms. The Morgan fingerprint density at radius 1 is 1.18 bits per heavy atom. The molecule has 0 amide bonds. The Labute approximate surface area is 171 Å². The van der Waals surface area contributed by atoms with Crippen molar-refractivity contribution in [3.8, 4) is 16.9 Å². The van der Waals surface area contributed by atoms with Crippen LogP contribution in [0.3, 0.4) is 0 Å². The van der Waals surface area contributed by atoms with Crippen LogP contribution in [0.25, 0.3) is 21.3 Å². The number of fused-ring (bicyclic) bond motifs is 1. The number of benzene rings is 2. The van der Waals surface area contributed by atoms with Gasteiger partial charge in [0.1, 0.15) is 16.4 Å². The maximum Gasteiger partial charge on any atom is 0.260 e. The van der Waals surface area contributed by atoms with Crippen LogP contribution in [0.4, 0.5) is 0 Å². The van der Waals surface area contributed by atoms with Crippen LogP contribution >= 0.6 is 22.9 Å². The third-order valence-corrected chi connectivity index (χ3v) is 6.21. The van der Waals surface area contributed by atoms with E-state index in [0.29, 0.717) is 22.7 Å². The highest BCUT2D eigenvalue weighted by atomic mass is 35.5. The molecule has 2 heterocycles. The van der Waals surface area contributed by atoms with Crippen molar-refractivity contribution in [3.63, 3.8) is 0 Å². The number of thiophene rings is 1. The van der Waals surface area contributed by atoms with Gasteiger partial charge in [-0.3, -0.25) is 4.79 Å². The standard InChI is InChI=1S/C22H19ClN2O2S/c1-12-10-15(8-9-16(12)23)19-13(2)28-22-20(19)21(26)24-18(25-22)11-14-6-4-5-7-17(14)27-3/h4-10H,11H2,1-3H3,(H,24,25,26). The third kappa shape index (κ3) is 3.32. The van der Waals surface area contributed by atoms with Crippen molar-refractivity contribution in [2.24, 2.45) is 0 Å². The number of rotatable bonds is 4. The van der Waals surface area contributed by atoms with E-state index in [0.717, 1.165) is 37.7 Å². The van der Waals surface area contributed by atoms with E-state index in [1.165, 1.54) is 11.3 Å². The molecule has 0 fully saturated rings. The number of aryl methyl sites for hydroxylation is 2. The van der Waals surface area contributed by atoms with Gasteiger partial charge in [-0.1, -0.05) is 35.9 Å². The molecule has 142 valence electrons. The first-order valence-electron chi connectivity index (χ1n) is 8.88. The first kappa shape index (κ1) is 18.7. The number of hydrogen-bond donors (Lipinski definition) is 1. The summed E-state index contributed by atoms with van der Waals surface area (Å²) in [7, 11) is 1.64. The average Bonchev–Trinajstić information content (AvgIpc) is 3.01. The zero-order valence-corrected chi connectivity index (χ0v) is 17.4. The second-order valence-electron chi connectivity index (χ2n) is 6.68. The van der Waals surface area contributed by atoms with Gasteiger partial charge in [0, 0.05) is 27.4 Å². The predicted octanol–water partition coefficient (Wildman–Crippen LogP) is 5.52. The Kier molecular flexibility index (Phi) is 4.96. The molecule has 0 aliphatic heterocycles. The molecular formula is C22H19ClN2O2S. The van der Waals surface area contributed by atoms with Gasteiger partial charge in [0.15, 0.2) is 0 Å². The van der Waals surface area contributed by atoms with E-state index in [9.17, 15) is 4.79 Å². The van der Waals surface area contributed by atoms with Crippen LogP contribution in [0.1, 0.15) is 21.8 Å². The molecule has 6 heteroatoms. The first-order valence-corrected chi connectivity index (χ1v) is 10.1. The number of H-pyrrole nitrogens is 1. The van der Waals surface area contributed by atoms with Crippen molar-refractivity contribution in [3.05, 3.63) is 79.7 Å². The Morgan fingerprint density at radius 3 is 2.71 bits per heavy atom. The Balaban J connectivity index is 1.83. The highest BCUT2D eigenvalue weighted by Crippen LogP contribution is 2.37. The highest BCUT2D eigenvalue weighted by Gasteiger charge is 2.17. The molecule has 4 aromatic rings. The van der Waals surface area contributed by atoms with Gasteiger partial charge >= 0.3 is 0 Å². The number of aromatic amines is 1. The largest absolute Gasteiger partial charge is 0.496 e. The fraction of sp³-hybridized carbons (Fsp3) is 0.182. The van der Waals surface area contributed by atoms with E-state index in [-0.39, 0.29) is 5.56 Å². The minimum atomic E-state index is -0.123. The molecule has 2 aromatic heterocycles. The van der Waals surface area contributed by atoms with Crippen molar-refractivity contribution >= 4 is 33.2 Å². The van der Waals surface area contributed by atoms with E-state index in [2.05, 4.69) is 4.98 Å². The number of nitrogens with one attached hydrogen (secondary N) is 1. The number of hydrogen-bond acceptors (Lipinski definition) is 4. The molecule has 2 aromatic carbocycles. The zero-order chi connectivity index (χ0) is 19.8. The summed E-state index contributed by atoms with van der Waals surface area (Å²) in [5, 5.41) is 1.35. The number of nitrogens with zero attached hydrogens (tertiary/aromatic N) is 1. The number of ether oxygens (including phenoxy) is 1. The summed E-state index contributed by atoms with van der Waals surface area (Å²) in [5.41, 5.74) is 3.75.